The van der Waals surface area contributed by atoms with Crippen molar-refractivity contribution in [2.75, 3.05) is 19.0 Å². The van der Waals surface area contributed by atoms with Gasteiger partial charge in [-0.05, 0) is 31.5 Å². The lowest BCUT2D eigenvalue weighted by Crippen LogP contribution is -2.33. The summed E-state index contributed by atoms with van der Waals surface area (Å²) in [6.45, 7) is 5.63. The highest BCUT2D eigenvalue weighted by molar-refractivity contribution is 8.00. The maximum atomic E-state index is 12.0. The highest BCUT2D eigenvalue weighted by atomic mass is 32.2. The van der Waals surface area contributed by atoms with Crippen LogP contribution in [0.15, 0.2) is 23.1 Å². The van der Waals surface area contributed by atoms with Crippen molar-refractivity contribution >= 4 is 17.7 Å². The highest BCUT2D eigenvalue weighted by Gasteiger charge is 2.12. The summed E-state index contributed by atoms with van der Waals surface area (Å²) < 4.78 is 11.3. The molecule has 23 heavy (non-hydrogen) atoms. The summed E-state index contributed by atoms with van der Waals surface area (Å²) in [5.74, 6) is 2.09. The predicted molar refractivity (Wildman–Crippen MR) is 94.5 cm³/mol. The molecule has 128 valence electrons. The first-order chi connectivity index (χ1) is 11.2. The van der Waals surface area contributed by atoms with Crippen LogP contribution in [0.4, 0.5) is 0 Å². The summed E-state index contributed by atoms with van der Waals surface area (Å²) in [6.07, 6.45) is 5.56. The van der Waals surface area contributed by atoms with E-state index in [-0.39, 0.29) is 11.9 Å². The molecule has 0 bridgehead atoms. The summed E-state index contributed by atoms with van der Waals surface area (Å²) >= 11 is 1.53. The molecule has 0 spiro atoms. The quantitative estimate of drug-likeness (QED) is 0.575. The fourth-order valence-electron chi connectivity index (χ4n) is 2.47. The van der Waals surface area contributed by atoms with Crippen LogP contribution in [-0.4, -0.2) is 30.9 Å². The molecule has 4 nitrogen and oxygen atoms in total. The second-order valence-electron chi connectivity index (χ2n) is 5.91. The number of hydrogen-bond acceptors (Lipinski definition) is 4. The van der Waals surface area contributed by atoms with Crippen molar-refractivity contribution in [2.24, 2.45) is 0 Å². The number of hydrogen-bond donors (Lipinski definition) is 1. The summed E-state index contributed by atoms with van der Waals surface area (Å²) in [6, 6.07) is 6.12. The molecule has 1 aliphatic heterocycles. The Kier molecular flexibility index (Phi) is 7.59. The van der Waals surface area contributed by atoms with Crippen molar-refractivity contribution in [3.8, 4) is 11.5 Å². The van der Waals surface area contributed by atoms with E-state index in [1.54, 1.807) is 0 Å². The van der Waals surface area contributed by atoms with E-state index in [1.807, 2.05) is 18.2 Å². The van der Waals surface area contributed by atoms with Crippen molar-refractivity contribution in [3.05, 3.63) is 18.2 Å². The van der Waals surface area contributed by atoms with Crippen LogP contribution in [0.1, 0.15) is 46.0 Å². The van der Waals surface area contributed by atoms with Crippen LogP contribution in [0.25, 0.3) is 0 Å². The van der Waals surface area contributed by atoms with Crippen LogP contribution in [0.2, 0.25) is 0 Å². The summed E-state index contributed by atoms with van der Waals surface area (Å²) in [4.78, 5) is 13.0. The average Bonchev–Trinajstić information content (AvgIpc) is 2.78. The Morgan fingerprint density at radius 1 is 1.26 bits per heavy atom. The predicted octanol–water partition coefficient (Wildman–Crippen LogP) is 4.03. The number of carbonyl (C=O) groups excluding carboxylic acids is 1. The smallest absolute Gasteiger partial charge is 0.230 e. The number of nitrogens with one attached hydrogen (secondary N) is 1. The molecule has 0 radical (unpaired) electrons. The standard InChI is InChI=1S/C18H27NO3S/c1-3-4-5-7-14(2)19-18(20)13-23-15-8-9-16-17(12-15)22-11-6-10-21-16/h8-9,12,14H,3-7,10-11,13H2,1-2H3,(H,19,20). The zero-order valence-corrected chi connectivity index (χ0v) is 14.9. The number of thioether (sulfide) groups is 1. The van der Waals surface area contributed by atoms with Crippen LogP contribution in [0, 0.1) is 0 Å². The van der Waals surface area contributed by atoms with Crippen LogP contribution in [0.5, 0.6) is 11.5 Å². The zero-order valence-electron chi connectivity index (χ0n) is 14.1. The molecule has 0 fully saturated rings. The third kappa shape index (κ3) is 6.34. The molecule has 1 aromatic rings. The summed E-state index contributed by atoms with van der Waals surface area (Å²) in [7, 11) is 0. The minimum Gasteiger partial charge on any atom is -0.490 e. The van der Waals surface area contributed by atoms with Gasteiger partial charge >= 0.3 is 0 Å². The van der Waals surface area contributed by atoms with Crippen molar-refractivity contribution < 1.29 is 14.3 Å². The van der Waals surface area contributed by atoms with E-state index in [4.69, 9.17) is 9.47 Å². The van der Waals surface area contributed by atoms with Gasteiger partial charge in [0.25, 0.3) is 0 Å². The summed E-state index contributed by atoms with van der Waals surface area (Å²) in [5, 5.41) is 3.07. The van der Waals surface area contributed by atoms with Gasteiger partial charge in [0.2, 0.25) is 5.91 Å². The molecule has 0 saturated carbocycles. The van der Waals surface area contributed by atoms with E-state index in [9.17, 15) is 4.79 Å². The second-order valence-corrected chi connectivity index (χ2v) is 6.96. The lowest BCUT2D eigenvalue weighted by molar-refractivity contribution is -0.119. The average molecular weight is 337 g/mol. The second kappa shape index (κ2) is 9.71. The lowest BCUT2D eigenvalue weighted by Gasteiger charge is -2.13. The number of ether oxygens (including phenoxy) is 2. The molecule has 1 unspecified atom stereocenters. The third-order valence-corrected chi connectivity index (χ3v) is 4.73. The minimum absolute atomic E-state index is 0.0890. The van der Waals surface area contributed by atoms with Crippen molar-refractivity contribution in [1.29, 1.82) is 0 Å². The van der Waals surface area contributed by atoms with Gasteiger partial charge in [0.05, 0.1) is 19.0 Å². The first-order valence-corrected chi connectivity index (χ1v) is 9.49. The maximum absolute atomic E-state index is 12.0. The Hall–Kier alpha value is -1.36. The number of carbonyl (C=O) groups is 1. The number of benzene rings is 1. The Balaban J connectivity index is 1.77. The third-order valence-electron chi connectivity index (χ3n) is 3.74. The maximum Gasteiger partial charge on any atom is 0.230 e. The van der Waals surface area contributed by atoms with Crippen LogP contribution >= 0.6 is 11.8 Å². The number of unbranched alkanes of at least 4 members (excludes halogenated alkanes) is 2. The topological polar surface area (TPSA) is 47.6 Å². The number of amides is 1. The molecule has 1 amide bonds. The van der Waals surface area contributed by atoms with Gasteiger partial charge in [0, 0.05) is 17.4 Å². The van der Waals surface area contributed by atoms with Crippen molar-refractivity contribution in [2.45, 2.75) is 56.9 Å². The zero-order chi connectivity index (χ0) is 16.5. The Morgan fingerprint density at radius 3 is 2.83 bits per heavy atom. The molecule has 5 heteroatoms. The fourth-order valence-corrected chi connectivity index (χ4v) is 3.21. The fraction of sp³-hybridized carbons (Fsp3) is 0.611. The van der Waals surface area contributed by atoms with Gasteiger partial charge in [-0.25, -0.2) is 0 Å². The molecular weight excluding hydrogens is 310 g/mol. The molecule has 2 rings (SSSR count). The van der Waals surface area contributed by atoms with Crippen LogP contribution in [-0.2, 0) is 4.79 Å². The Morgan fingerprint density at radius 2 is 2.04 bits per heavy atom. The molecular formula is C18H27NO3S. The van der Waals surface area contributed by atoms with Crippen LogP contribution in [0.3, 0.4) is 0 Å². The van der Waals surface area contributed by atoms with Gasteiger partial charge in [-0.1, -0.05) is 26.2 Å². The first kappa shape index (κ1) is 18.0. The van der Waals surface area contributed by atoms with Gasteiger partial charge in [-0.15, -0.1) is 11.8 Å². The minimum atomic E-state index is 0.0890. The SMILES string of the molecule is CCCCCC(C)NC(=O)CSc1ccc2c(c1)OCCCO2. The van der Waals surface area contributed by atoms with Crippen molar-refractivity contribution in [1.82, 2.24) is 5.32 Å². The first-order valence-electron chi connectivity index (χ1n) is 8.51. The van der Waals surface area contributed by atoms with E-state index in [2.05, 4.69) is 19.2 Å². The number of fused-ring (bicyclic) bond motifs is 1. The highest BCUT2D eigenvalue weighted by Crippen LogP contribution is 2.33. The Labute approximate surface area is 143 Å². The Bertz CT molecular complexity index is 507. The monoisotopic (exact) mass is 337 g/mol. The molecule has 0 aromatic heterocycles. The molecule has 0 aliphatic carbocycles. The molecule has 1 N–H and O–H groups in total. The van der Waals surface area contributed by atoms with Gasteiger partial charge in [-0.2, -0.15) is 0 Å². The number of rotatable bonds is 8. The normalized spacial score (nSPS) is 14.9. The van der Waals surface area contributed by atoms with Crippen molar-refractivity contribution in [3.63, 3.8) is 0 Å². The van der Waals surface area contributed by atoms with Gasteiger partial charge in [-0.3, -0.25) is 4.79 Å². The lowest BCUT2D eigenvalue weighted by atomic mass is 10.1. The molecule has 1 aliphatic rings. The van der Waals surface area contributed by atoms with E-state index in [0.29, 0.717) is 19.0 Å². The van der Waals surface area contributed by atoms with E-state index in [1.165, 1.54) is 31.0 Å². The van der Waals surface area contributed by atoms with E-state index in [0.717, 1.165) is 29.2 Å². The summed E-state index contributed by atoms with van der Waals surface area (Å²) in [5.41, 5.74) is 0. The molecule has 1 heterocycles. The molecule has 0 saturated heterocycles. The van der Waals surface area contributed by atoms with E-state index < -0.39 is 0 Å². The van der Waals surface area contributed by atoms with E-state index >= 15 is 0 Å². The van der Waals surface area contributed by atoms with Crippen LogP contribution < -0.4 is 14.8 Å². The van der Waals surface area contributed by atoms with Gasteiger partial charge < -0.3 is 14.8 Å². The van der Waals surface area contributed by atoms with Gasteiger partial charge in [0.1, 0.15) is 0 Å². The largest absolute Gasteiger partial charge is 0.490 e. The van der Waals surface area contributed by atoms with Gasteiger partial charge in [0.15, 0.2) is 11.5 Å². The molecule has 1 atom stereocenters. The molecule has 1 aromatic carbocycles.